The molecule has 0 amide bonds. The van der Waals surface area contributed by atoms with Gasteiger partial charge >= 0.3 is 0 Å². The van der Waals surface area contributed by atoms with Gasteiger partial charge in [0.15, 0.2) is 0 Å². The average molecular weight is 192 g/mol. The number of hydrogen-bond donors (Lipinski definition) is 0. The Bertz CT molecular complexity index is 385. The van der Waals surface area contributed by atoms with Crippen molar-refractivity contribution >= 4 is 11.7 Å². The first-order chi connectivity index (χ1) is 6.66. The van der Waals surface area contributed by atoms with E-state index in [0.717, 1.165) is 11.3 Å². The molecule has 1 aliphatic heterocycles. The lowest BCUT2D eigenvalue weighted by Crippen LogP contribution is -2.13. The van der Waals surface area contributed by atoms with Gasteiger partial charge in [0.25, 0.3) is 0 Å². The Kier molecular flexibility index (Phi) is 2.23. The number of aryl methyl sites for hydroxylation is 2. The molecule has 0 bridgehead atoms. The van der Waals surface area contributed by atoms with Crippen molar-refractivity contribution in [1.29, 1.82) is 0 Å². The maximum Gasteiger partial charge on any atom is 0.209 e. The van der Waals surface area contributed by atoms with Gasteiger partial charge in [-0.15, -0.1) is 5.10 Å². The van der Waals surface area contributed by atoms with E-state index >= 15 is 0 Å². The van der Waals surface area contributed by atoms with E-state index in [1.165, 1.54) is 5.56 Å². The van der Waals surface area contributed by atoms with Crippen LogP contribution in [0.3, 0.4) is 0 Å². The fourth-order valence-corrected chi connectivity index (χ4v) is 1.70. The molecule has 74 valence electrons. The predicted molar refractivity (Wildman–Crippen MR) is 56.4 cm³/mol. The quantitative estimate of drug-likeness (QED) is 0.668. The summed E-state index contributed by atoms with van der Waals surface area (Å²) in [4.78, 5) is 0. The van der Waals surface area contributed by atoms with Crippen molar-refractivity contribution in [3.05, 3.63) is 29.3 Å². The van der Waals surface area contributed by atoms with Crippen molar-refractivity contribution in [1.82, 2.24) is 0 Å². The van der Waals surface area contributed by atoms with Crippen LogP contribution in [-0.4, -0.2) is 12.5 Å². The zero-order chi connectivity index (χ0) is 10.1. The van der Waals surface area contributed by atoms with E-state index in [4.69, 9.17) is 0 Å². The Hall–Kier alpha value is -1.38. The molecule has 1 aromatic carbocycles. The Morgan fingerprint density at radius 3 is 2.71 bits per heavy atom. The van der Waals surface area contributed by atoms with Gasteiger partial charge in [-0.1, -0.05) is 17.7 Å². The van der Waals surface area contributed by atoms with Crippen molar-refractivity contribution in [3.8, 4) is 0 Å². The first kappa shape index (κ1) is 9.19. The van der Waals surface area contributed by atoms with Crippen LogP contribution in [0, 0.1) is 13.8 Å². The Labute approximate surface area is 83.0 Å². The molecule has 0 unspecified atom stereocenters. The molecule has 0 atom stereocenters. The zero-order valence-corrected chi connectivity index (χ0v) is 8.42. The summed E-state index contributed by atoms with van der Waals surface area (Å²) in [5.74, 6) is -0.273. The van der Waals surface area contributed by atoms with E-state index in [0.29, 0.717) is 13.0 Å². The number of rotatable bonds is 1. The fraction of sp³-hybridized carbons (Fsp3) is 0.364. The van der Waals surface area contributed by atoms with Crippen molar-refractivity contribution in [2.24, 2.45) is 5.10 Å². The summed E-state index contributed by atoms with van der Waals surface area (Å²) in [5, 5.41) is 5.56. The molecule has 14 heavy (non-hydrogen) atoms. The smallest absolute Gasteiger partial charge is 0.209 e. The molecule has 0 aliphatic carbocycles. The average Bonchev–Trinajstić information content (AvgIpc) is 2.51. The third-order valence-corrected chi connectivity index (χ3v) is 2.39. The SMILES string of the molecule is Cc1ccc(N2CCC(F)=N2)c(C)c1. The van der Waals surface area contributed by atoms with Crippen LogP contribution in [0.1, 0.15) is 17.5 Å². The van der Waals surface area contributed by atoms with Gasteiger partial charge in [0.2, 0.25) is 5.97 Å². The van der Waals surface area contributed by atoms with Gasteiger partial charge in [-0.05, 0) is 25.5 Å². The van der Waals surface area contributed by atoms with E-state index in [1.54, 1.807) is 5.01 Å². The topological polar surface area (TPSA) is 15.6 Å². The summed E-state index contributed by atoms with van der Waals surface area (Å²) in [6.45, 7) is 4.72. The highest BCUT2D eigenvalue weighted by Crippen LogP contribution is 2.24. The van der Waals surface area contributed by atoms with Gasteiger partial charge in [0, 0.05) is 13.0 Å². The molecule has 0 saturated carbocycles. The number of hydrogen-bond acceptors (Lipinski definition) is 2. The van der Waals surface area contributed by atoms with Crippen LogP contribution in [0.25, 0.3) is 0 Å². The minimum Gasteiger partial charge on any atom is -0.262 e. The highest BCUT2D eigenvalue weighted by atomic mass is 19.1. The minimum atomic E-state index is -0.273. The van der Waals surface area contributed by atoms with Crippen molar-refractivity contribution < 1.29 is 4.39 Å². The third-order valence-electron chi connectivity index (χ3n) is 2.39. The molecule has 0 spiro atoms. The molecule has 0 saturated heterocycles. The first-order valence-corrected chi connectivity index (χ1v) is 4.74. The van der Waals surface area contributed by atoms with E-state index in [-0.39, 0.29) is 5.97 Å². The molecule has 1 aliphatic rings. The van der Waals surface area contributed by atoms with Gasteiger partial charge in [-0.2, -0.15) is 4.39 Å². The maximum atomic E-state index is 12.8. The van der Waals surface area contributed by atoms with Crippen LogP contribution in [0.4, 0.5) is 10.1 Å². The molecule has 1 heterocycles. The summed E-state index contributed by atoms with van der Waals surface area (Å²) in [6.07, 6.45) is 0.424. The summed E-state index contributed by atoms with van der Waals surface area (Å²) in [6, 6.07) is 6.10. The molecule has 0 aromatic heterocycles. The highest BCUT2D eigenvalue weighted by molar-refractivity contribution is 5.79. The highest BCUT2D eigenvalue weighted by Gasteiger charge is 2.16. The second-order valence-electron chi connectivity index (χ2n) is 3.64. The van der Waals surface area contributed by atoms with Gasteiger partial charge in [0.05, 0.1) is 5.69 Å². The second kappa shape index (κ2) is 3.40. The standard InChI is InChI=1S/C11H13FN2/c1-8-3-4-10(9(2)7-8)14-6-5-11(12)13-14/h3-4,7H,5-6H2,1-2H3. The van der Waals surface area contributed by atoms with E-state index < -0.39 is 0 Å². The number of nitrogens with zero attached hydrogens (tertiary/aromatic N) is 2. The summed E-state index contributed by atoms with van der Waals surface area (Å²) in [5.41, 5.74) is 3.36. The fourth-order valence-electron chi connectivity index (χ4n) is 1.70. The lowest BCUT2D eigenvalue weighted by Gasteiger charge is -2.16. The summed E-state index contributed by atoms with van der Waals surface area (Å²) < 4.78 is 12.8. The summed E-state index contributed by atoms with van der Waals surface area (Å²) >= 11 is 0. The normalized spacial score (nSPS) is 15.9. The number of halogens is 1. The van der Waals surface area contributed by atoms with Crippen molar-refractivity contribution in [3.63, 3.8) is 0 Å². The molecule has 2 rings (SSSR count). The van der Waals surface area contributed by atoms with Crippen LogP contribution in [-0.2, 0) is 0 Å². The molecule has 2 nitrogen and oxygen atoms in total. The van der Waals surface area contributed by atoms with Gasteiger partial charge in [0.1, 0.15) is 0 Å². The predicted octanol–water partition coefficient (Wildman–Crippen LogP) is 2.80. The van der Waals surface area contributed by atoms with E-state index in [9.17, 15) is 4.39 Å². The van der Waals surface area contributed by atoms with Crippen LogP contribution in [0.2, 0.25) is 0 Å². The first-order valence-electron chi connectivity index (χ1n) is 4.74. The molecular weight excluding hydrogens is 179 g/mol. The van der Waals surface area contributed by atoms with Gasteiger partial charge in [-0.3, -0.25) is 5.01 Å². The summed E-state index contributed by atoms with van der Waals surface area (Å²) in [7, 11) is 0. The van der Waals surface area contributed by atoms with Crippen LogP contribution in [0.5, 0.6) is 0 Å². The Balaban J connectivity index is 2.33. The van der Waals surface area contributed by atoms with E-state index in [2.05, 4.69) is 11.2 Å². The van der Waals surface area contributed by atoms with Crippen LogP contribution >= 0.6 is 0 Å². The van der Waals surface area contributed by atoms with Crippen molar-refractivity contribution in [2.45, 2.75) is 20.3 Å². The Morgan fingerprint density at radius 2 is 2.14 bits per heavy atom. The molecule has 0 radical (unpaired) electrons. The van der Waals surface area contributed by atoms with Gasteiger partial charge in [-0.25, -0.2) is 0 Å². The molecule has 0 fully saturated rings. The maximum absolute atomic E-state index is 12.8. The van der Waals surface area contributed by atoms with E-state index in [1.807, 2.05) is 26.0 Å². The monoisotopic (exact) mass is 192 g/mol. The number of benzene rings is 1. The largest absolute Gasteiger partial charge is 0.262 e. The number of anilines is 1. The molecular formula is C11H13FN2. The molecule has 1 aromatic rings. The Morgan fingerprint density at radius 1 is 1.36 bits per heavy atom. The lowest BCUT2D eigenvalue weighted by atomic mass is 10.1. The van der Waals surface area contributed by atoms with Crippen LogP contribution in [0.15, 0.2) is 23.3 Å². The second-order valence-corrected chi connectivity index (χ2v) is 3.64. The molecule has 3 heteroatoms. The van der Waals surface area contributed by atoms with Gasteiger partial charge < -0.3 is 0 Å². The lowest BCUT2D eigenvalue weighted by molar-refractivity contribution is 0.785. The zero-order valence-electron chi connectivity index (χ0n) is 8.42. The van der Waals surface area contributed by atoms with Crippen molar-refractivity contribution in [2.75, 3.05) is 11.6 Å². The molecule has 0 N–H and O–H groups in total. The van der Waals surface area contributed by atoms with Crippen LogP contribution < -0.4 is 5.01 Å². The minimum absolute atomic E-state index is 0.273. The number of hydrazone groups is 1. The third kappa shape index (κ3) is 1.62.